The number of aromatic amines is 1. The molecule has 2 heterocycles. The first-order chi connectivity index (χ1) is 15.4. The zero-order valence-corrected chi connectivity index (χ0v) is 18.2. The van der Waals surface area contributed by atoms with Crippen molar-refractivity contribution in [3.05, 3.63) is 72.9 Å². The van der Waals surface area contributed by atoms with Crippen molar-refractivity contribution in [3.8, 4) is 0 Å². The van der Waals surface area contributed by atoms with Crippen LogP contribution >= 0.6 is 0 Å². The Bertz CT molecular complexity index is 1220. The Hall–Kier alpha value is -3.43. The van der Waals surface area contributed by atoms with Gasteiger partial charge in [0, 0.05) is 35.7 Å². The van der Waals surface area contributed by atoms with Gasteiger partial charge in [0.1, 0.15) is 5.69 Å². The number of anilines is 1. The Kier molecular flexibility index (Phi) is 6.11. The van der Waals surface area contributed by atoms with Gasteiger partial charge >= 0.3 is 0 Å². The molecule has 1 saturated heterocycles. The van der Waals surface area contributed by atoms with E-state index in [2.05, 4.69) is 22.2 Å². The van der Waals surface area contributed by atoms with Crippen molar-refractivity contribution >= 4 is 38.4 Å². The van der Waals surface area contributed by atoms with Crippen molar-refractivity contribution in [1.29, 1.82) is 0 Å². The highest BCUT2D eigenvalue weighted by Gasteiger charge is 2.29. The summed E-state index contributed by atoms with van der Waals surface area (Å²) in [5, 5.41) is 6.52. The van der Waals surface area contributed by atoms with E-state index in [4.69, 9.17) is 0 Å². The maximum atomic E-state index is 13.0. The molecule has 1 aromatic heterocycles. The monoisotopic (exact) mass is 452 g/mol. The summed E-state index contributed by atoms with van der Waals surface area (Å²) in [6, 6.07) is 15.4. The number of para-hydroxylation sites is 1. The van der Waals surface area contributed by atoms with Crippen molar-refractivity contribution in [2.45, 2.75) is 23.8 Å². The van der Waals surface area contributed by atoms with E-state index in [0.29, 0.717) is 37.3 Å². The number of amides is 2. The molecule has 1 fully saturated rings. The second-order valence-electron chi connectivity index (χ2n) is 7.64. The van der Waals surface area contributed by atoms with Crippen LogP contribution in [-0.4, -0.2) is 48.7 Å². The van der Waals surface area contributed by atoms with Gasteiger partial charge in [-0.3, -0.25) is 9.59 Å². The number of carbonyl (C=O) groups is 2. The van der Waals surface area contributed by atoms with Gasteiger partial charge in [0.2, 0.25) is 15.9 Å². The predicted octanol–water partition coefficient (Wildman–Crippen LogP) is 2.88. The molecule has 0 aliphatic carbocycles. The van der Waals surface area contributed by atoms with Gasteiger partial charge in [0.15, 0.2) is 0 Å². The first kappa shape index (κ1) is 21.8. The van der Waals surface area contributed by atoms with Gasteiger partial charge < -0.3 is 15.6 Å². The van der Waals surface area contributed by atoms with Crippen LogP contribution in [0.4, 0.5) is 5.69 Å². The van der Waals surface area contributed by atoms with E-state index < -0.39 is 10.0 Å². The highest BCUT2D eigenvalue weighted by molar-refractivity contribution is 7.89. The van der Waals surface area contributed by atoms with Crippen molar-refractivity contribution in [2.75, 3.05) is 18.4 Å². The molecule has 0 unspecified atom stereocenters. The van der Waals surface area contributed by atoms with Crippen LogP contribution in [0.2, 0.25) is 0 Å². The van der Waals surface area contributed by atoms with Crippen molar-refractivity contribution in [3.63, 3.8) is 0 Å². The standard InChI is InChI=1S/C23H24N4O4S/c1-2-22(28)24-18-11-13-27(14-12-18)32(30,31)19-9-7-17(8-10-19)25-23(29)21-15-16-5-3-4-6-20(16)26-21/h2-10,15,18,26H,1,11-14H2,(H,24,28)(H,25,29). The first-order valence-corrected chi connectivity index (χ1v) is 11.7. The van der Waals surface area contributed by atoms with Gasteiger partial charge in [-0.25, -0.2) is 8.42 Å². The number of aromatic nitrogens is 1. The van der Waals surface area contributed by atoms with E-state index >= 15 is 0 Å². The van der Waals surface area contributed by atoms with Crippen molar-refractivity contribution in [1.82, 2.24) is 14.6 Å². The van der Waals surface area contributed by atoms with E-state index in [1.165, 1.54) is 22.5 Å². The zero-order chi connectivity index (χ0) is 22.7. The smallest absolute Gasteiger partial charge is 0.272 e. The van der Waals surface area contributed by atoms with Gasteiger partial charge in [-0.2, -0.15) is 4.31 Å². The van der Waals surface area contributed by atoms with Crippen LogP contribution in [0.1, 0.15) is 23.3 Å². The van der Waals surface area contributed by atoms with Crippen LogP contribution in [0.5, 0.6) is 0 Å². The second-order valence-corrected chi connectivity index (χ2v) is 9.58. The molecule has 1 aliphatic rings. The Morgan fingerprint density at radius 1 is 1.06 bits per heavy atom. The van der Waals surface area contributed by atoms with E-state index in [1.54, 1.807) is 18.2 Å². The molecule has 0 spiro atoms. The average molecular weight is 453 g/mol. The number of carbonyl (C=O) groups excluding carboxylic acids is 2. The van der Waals surface area contributed by atoms with Gasteiger partial charge in [-0.1, -0.05) is 24.8 Å². The molecule has 0 bridgehead atoms. The molecule has 0 saturated carbocycles. The molecule has 0 radical (unpaired) electrons. The fraction of sp³-hybridized carbons (Fsp3) is 0.217. The molecule has 3 aromatic rings. The maximum Gasteiger partial charge on any atom is 0.272 e. The summed E-state index contributed by atoms with van der Waals surface area (Å²) in [7, 11) is -3.65. The fourth-order valence-electron chi connectivity index (χ4n) is 3.75. The van der Waals surface area contributed by atoms with Crippen LogP contribution in [0.25, 0.3) is 10.9 Å². The molecule has 9 heteroatoms. The lowest BCUT2D eigenvalue weighted by Gasteiger charge is -2.31. The van der Waals surface area contributed by atoms with Gasteiger partial charge in [0.05, 0.1) is 4.90 Å². The number of nitrogens with zero attached hydrogens (tertiary/aromatic N) is 1. The normalized spacial score (nSPS) is 15.4. The summed E-state index contributed by atoms with van der Waals surface area (Å²) in [6.45, 7) is 4.07. The van der Waals surface area contributed by atoms with E-state index in [9.17, 15) is 18.0 Å². The highest BCUT2D eigenvalue weighted by Crippen LogP contribution is 2.23. The third kappa shape index (κ3) is 4.58. The van der Waals surface area contributed by atoms with E-state index in [0.717, 1.165) is 10.9 Å². The minimum Gasteiger partial charge on any atom is -0.351 e. The number of benzene rings is 2. The third-order valence-electron chi connectivity index (χ3n) is 5.51. The van der Waals surface area contributed by atoms with E-state index in [1.807, 2.05) is 24.3 Å². The SMILES string of the molecule is C=CC(=O)NC1CCN(S(=O)(=O)c2ccc(NC(=O)c3cc4ccccc4[nH]3)cc2)CC1. The Balaban J connectivity index is 1.40. The molecule has 1 aliphatic heterocycles. The average Bonchev–Trinajstić information content (AvgIpc) is 3.24. The second kappa shape index (κ2) is 8.97. The molecule has 4 rings (SSSR count). The molecule has 2 amide bonds. The highest BCUT2D eigenvalue weighted by atomic mass is 32.2. The van der Waals surface area contributed by atoms with E-state index in [-0.39, 0.29) is 22.8 Å². The summed E-state index contributed by atoms with van der Waals surface area (Å²) in [5.41, 5.74) is 1.79. The van der Waals surface area contributed by atoms with Crippen molar-refractivity contribution in [2.24, 2.45) is 0 Å². The lowest BCUT2D eigenvalue weighted by molar-refractivity contribution is -0.117. The minimum atomic E-state index is -3.65. The number of nitrogens with one attached hydrogen (secondary N) is 3. The van der Waals surface area contributed by atoms with Crippen LogP contribution in [0.15, 0.2) is 72.1 Å². The van der Waals surface area contributed by atoms with Crippen LogP contribution in [-0.2, 0) is 14.8 Å². The summed E-state index contributed by atoms with van der Waals surface area (Å²) < 4.78 is 27.3. The lowest BCUT2D eigenvalue weighted by Crippen LogP contribution is -2.46. The van der Waals surface area contributed by atoms with Gasteiger partial charge in [0.25, 0.3) is 5.91 Å². The summed E-state index contributed by atoms with van der Waals surface area (Å²) in [4.78, 5) is 27.2. The molecule has 32 heavy (non-hydrogen) atoms. The van der Waals surface area contributed by atoms with Crippen LogP contribution in [0, 0.1) is 0 Å². The molecular weight excluding hydrogens is 428 g/mol. The molecule has 3 N–H and O–H groups in total. The third-order valence-corrected chi connectivity index (χ3v) is 7.42. The first-order valence-electron chi connectivity index (χ1n) is 10.3. The molecule has 8 nitrogen and oxygen atoms in total. The molecule has 166 valence electrons. The fourth-order valence-corrected chi connectivity index (χ4v) is 5.22. The Labute approximate surface area is 186 Å². The summed E-state index contributed by atoms with van der Waals surface area (Å²) in [6.07, 6.45) is 2.29. The topological polar surface area (TPSA) is 111 Å². The minimum absolute atomic E-state index is 0.0609. The van der Waals surface area contributed by atoms with Crippen LogP contribution in [0.3, 0.4) is 0 Å². The Morgan fingerprint density at radius 2 is 1.75 bits per heavy atom. The molecular formula is C23H24N4O4S. The van der Waals surface area contributed by atoms with Crippen molar-refractivity contribution < 1.29 is 18.0 Å². The maximum absolute atomic E-state index is 13.0. The quantitative estimate of drug-likeness (QED) is 0.499. The number of H-pyrrole nitrogens is 1. The summed E-state index contributed by atoms with van der Waals surface area (Å²) >= 11 is 0. The number of rotatable bonds is 6. The molecule has 0 atom stereocenters. The zero-order valence-electron chi connectivity index (χ0n) is 17.4. The Morgan fingerprint density at radius 3 is 2.41 bits per heavy atom. The predicted molar refractivity (Wildman–Crippen MR) is 123 cm³/mol. The number of sulfonamides is 1. The number of piperidine rings is 1. The number of hydrogen-bond acceptors (Lipinski definition) is 4. The number of fused-ring (bicyclic) bond motifs is 1. The number of hydrogen-bond donors (Lipinski definition) is 3. The lowest BCUT2D eigenvalue weighted by atomic mass is 10.1. The van der Waals surface area contributed by atoms with Crippen LogP contribution < -0.4 is 10.6 Å². The molecule has 2 aromatic carbocycles. The largest absolute Gasteiger partial charge is 0.351 e. The van der Waals surface area contributed by atoms with Gasteiger partial charge in [-0.15, -0.1) is 0 Å². The van der Waals surface area contributed by atoms with Gasteiger partial charge in [-0.05, 0) is 55.3 Å². The summed E-state index contributed by atoms with van der Waals surface area (Å²) in [5.74, 6) is -0.558.